The Morgan fingerprint density at radius 2 is 1.70 bits per heavy atom. The van der Waals surface area contributed by atoms with Gasteiger partial charge < -0.3 is 4.90 Å². The molecule has 0 aliphatic carbocycles. The number of fused-ring (bicyclic) bond motifs is 2. The fraction of sp³-hybridized carbons (Fsp3) is 0.100. The first-order valence-corrected chi connectivity index (χ1v) is 12.8. The third-order valence-corrected chi connectivity index (χ3v) is 7.49. The minimum absolute atomic E-state index is 0.0485. The lowest BCUT2D eigenvalue weighted by Gasteiger charge is -2.29. The lowest BCUT2D eigenvalue weighted by molar-refractivity contribution is -0.122. The minimum Gasteiger partial charge on any atom is -0.367 e. The van der Waals surface area contributed by atoms with Gasteiger partial charge in [0.1, 0.15) is 5.57 Å². The number of carbonyl (C=O) groups excluding carboxylic acids is 2. The zero-order chi connectivity index (χ0) is 25.5. The van der Waals surface area contributed by atoms with Crippen molar-refractivity contribution in [2.45, 2.75) is 13.0 Å². The van der Waals surface area contributed by atoms with E-state index in [0.717, 1.165) is 52.1 Å². The molecule has 0 radical (unpaired) electrons. The van der Waals surface area contributed by atoms with E-state index in [1.165, 1.54) is 10.5 Å². The van der Waals surface area contributed by atoms with Crippen molar-refractivity contribution >= 4 is 69.0 Å². The standard InChI is InChI=1S/C30H22ClN3O2S/c31-25-10-4-2-7-22(25)18-33-15-14-21-16-19(12-13-26(21)33)17-24-28(35)32-30(37)34(29(24)36)27-11-5-8-20-6-1-3-9-23(20)27/h1-13,16-17H,14-15,18H2,(H,32,35,37)/b24-17+. The van der Waals surface area contributed by atoms with E-state index in [1.807, 2.05) is 84.9 Å². The van der Waals surface area contributed by atoms with Gasteiger partial charge in [0, 0.05) is 29.2 Å². The van der Waals surface area contributed by atoms with Crippen LogP contribution in [0.25, 0.3) is 16.8 Å². The number of carbonyl (C=O) groups is 2. The Morgan fingerprint density at radius 1 is 0.919 bits per heavy atom. The highest BCUT2D eigenvalue weighted by atomic mass is 35.5. The van der Waals surface area contributed by atoms with E-state index in [9.17, 15) is 9.59 Å². The van der Waals surface area contributed by atoms with Crippen LogP contribution in [-0.2, 0) is 22.6 Å². The van der Waals surface area contributed by atoms with Crippen molar-refractivity contribution < 1.29 is 9.59 Å². The van der Waals surface area contributed by atoms with Crippen LogP contribution in [0.5, 0.6) is 0 Å². The van der Waals surface area contributed by atoms with Crippen molar-refractivity contribution in [2.75, 3.05) is 16.3 Å². The molecule has 0 atom stereocenters. The van der Waals surface area contributed by atoms with Crippen molar-refractivity contribution in [2.24, 2.45) is 0 Å². The molecule has 182 valence electrons. The van der Waals surface area contributed by atoms with Crippen LogP contribution in [0, 0.1) is 0 Å². The van der Waals surface area contributed by atoms with E-state index >= 15 is 0 Å². The predicted octanol–water partition coefficient (Wildman–Crippen LogP) is 5.89. The molecule has 0 unspecified atom stereocenters. The summed E-state index contributed by atoms with van der Waals surface area (Å²) in [5.41, 5.74) is 4.88. The average Bonchev–Trinajstić information content (AvgIpc) is 3.30. The topological polar surface area (TPSA) is 52.7 Å². The molecule has 4 aromatic carbocycles. The van der Waals surface area contributed by atoms with Gasteiger partial charge in [0.25, 0.3) is 11.8 Å². The number of amides is 2. The number of anilines is 2. The van der Waals surface area contributed by atoms with E-state index < -0.39 is 11.8 Å². The van der Waals surface area contributed by atoms with Gasteiger partial charge in [-0.15, -0.1) is 0 Å². The predicted molar refractivity (Wildman–Crippen MR) is 153 cm³/mol. The summed E-state index contributed by atoms with van der Waals surface area (Å²) in [6.07, 6.45) is 2.53. The Hall–Kier alpha value is -4.00. The summed E-state index contributed by atoms with van der Waals surface area (Å²) < 4.78 is 0. The van der Waals surface area contributed by atoms with Gasteiger partial charge in [-0.2, -0.15) is 0 Å². The zero-order valence-electron chi connectivity index (χ0n) is 19.8. The lowest BCUT2D eigenvalue weighted by atomic mass is 10.0. The first-order valence-electron chi connectivity index (χ1n) is 12.0. The van der Waals surface area contributed by atoms with Crippen LogP contribution in [0.2, 0.25) is 5.02 Å². The normalized spacial score (nSPS) is 16.5. The van der Waals surface area contributed by atoms with Crippen LogP contribution >= 0.6 is 23.8 Å². The molecular formula is C30H22ClN3O2S. The first kappa shape index (κ1) is 23.4. The third kappa shape index (κ3) is 4.28. The van der Waals surface area contributed by atoms with E-state index in [-0.39, 0.29) is 10.7 Å². The molecule has 37 heavy (non-hydrogen) atoms. The van der Waals surface area contributed by atoms with Crippen LogP contribution in [0.15, 0.2) is 90.5 Å². The number of rotatable bonds is 4. The van der Waals surface area contributed by atoms with E-state index in [1.54, 1.807) is 6.08 Å². The summed E-state index contributed by atoms with van der Waals surface area (Å²) >= 11 is 11.8. The second-order valence-electron chi connectivity index (χ2n) is 9.11. The molecule has 1 fully saturated rings. The van der Waals surface area contributed by atoms with Gasteiger partial charge in [-0.25, -0.2) is 0 Å². The van der Waals surface area contributed by atoms with Crippen LogP contribution in [0.1, 0.15) is 16.7 Å². The van der Waals surface area contributed by atoms with Crippen molar-refractivity contribution in [3.63, 3.8) is 0 Å². The van der Waals surface area contributed by atoms with Gasteiger partial charge in [0.2, 0.25) is 0 Å². The molecule has 2 heterocycles. The maximum absolute atomic E-state index is 13.6. The largest absolute Gasteiger partial charge is 0.367 e. The number of nitrogens with zero attached hydrogens (tertiary/aromatic N) is 2. The van der Waals surface area contributed by atoms with Crippen LogP contribution < -0.4 is 15.1 Å². The van der Waals surface area contributed by atoms with Crippen LogP contribution in [0.4, 0.5) is 11.4 Å². The maximum atomic E-state index is 13.6. The highest BCUT2D eigenvalue weighted by Gasteiger charge is 2.35. The van der Waals surface area contributed by atoms with Gasteiger partial charge in [-0.1, -0.05) is 72.3 Å². The summed E-state index contributed by atoms with van der Waals surface area (Å²) in [6.45, 7) is 1.61. The molecule has 2 aliphatic rings. The van der Waals surface area contributed by atoms with Crippen molar-refractivity contribution in [3.05, 3.63) is 112 Å². The van der Waals surface area contributed by atoms with Gasteiger partial charge in [-0.3, -0.25) is 19.8 Å². The van der Waals surface area contributed by atoms with E-state index in [0.29, 0.717) is 5.69 Å². The molecule has 7 heteroatoms. The number of hydrogen-bond acceptors (Lipinski definition) is 4. The van der Waals surface area contributed by atoms with Gasteiger partial charge in [0.15, 0.2) is 5.11 Å². The van der Waals surface area contributed by atoms with Gasteiger partial charge in [-0.05, 0) is 71.1 Å². The molecule has 1 saturated heterocycles. The molecule has 2 aliphatic heterocycles. The first-order chi connectivity index (χ1) is 18.0. The van der Waals surface area contributed by atoms with Gasteiger partial charge >= 0.3 is 0 Å². The summed E-state index contributed by atoms with van der Waals surface area (Å²) in [5.74, 6) is -0.932. The molecule has 0 spiro atoms. The Morgan fingerprint density at radius 3 is 2.57 bits per heavy atom. The molecule has 0 aromatic heterocycles. The second kappa shape index (κ2) is 9.47. The molecule has 2 amide bonds. The summed E-state index contributed by atoms with van der Waals surface area (Å²) in [4.78, 5) is 30.2. The van der Waals surface area contributed by atoms with E-state index in [2.05, 4.69) is 10.2 Å². The maximum Gasteiger partial charge on any atom is 0.270 e. The molecule has 6 rings (SSSR count). The Kier molecular flexibility index (Phi) is 5.99. The third-order valence-electron chi connectivity index (χ3n) is 6.83. The summed E-state index contributed by atoms with van der Waals surface area (Å²) in [6, 6.07) is 27.4. The quantitative estimate of drug-likeness (QED) is 0.206. The Labute approximate surface area is 225 Å². The summed E-state index contributed by atoms with van der Waals surface area (Å²) in [7, 11) is 0. The van der Waals surface area contributed by atoms with Gasteiger partial charge in [0.05, 0.1) is 5.69 Å². The molecule has 1 N–H and O–H groups in total. The summed E-state index contributed by atoms with van der Waals surface area (Å²) in [5, 5.41) is 5.39. The smallest absolute Gasteiger partial charge is 0.270 e. The number of hydrogen-bond donors (Lipinski definition) is 1. The number of benzene rings is 4. The van der Waals surface area contributed by atoms with Crippen LogP contribution in [-0.4, -0.2) is 23.5 Å². The number of nitrogens with one attached hydrogen (secondary N) is 1. The van der Waals surface area contributed by atoms with Crippen molar-refractivity contribution in [1.82, 2.24) is 5.32 Å². The highest BCUT2D eigenvalue weighted by Crippen LogP contribution is 2.33. The number of thiocarbonyl (C=S) groups is 1. The Balaban J connectivity index is 1.31. The average molecular weight is 524 g/mol. The number of halogens is 1. The van der Waals surface area contributed by atoms with E-state index in [4.69, 9.17) is 23.8 Å². The minimum atomic E-state index is -0.493. The fourth-order valence-electron chi connectivity index (χ4n) is 5.02. The molecule has 0 bridgehead atoms. The fourth-order valence-corrected chi connectivity index (χ4v) is 5.49. The Bertz CT molecular complexity index is 1630. The molecular weight excluding hydrogens is 502 g/mol. The van der Waals surface area contributed by atoms with Crippen LogP contribution in [0.3, 0.4) is 0 Å². The molecule has 5 nitrogen and oxygen atoms in total. The second-order valence-corrected chi connectivity index (χ2v) is 9.90. The monoisotopic (exact) mass is 523 g/mol. The lowest BCUT2D eigenvalue weighted by Crippen LogP contribution is -2.54. The SMILES string of the molecule is O=C1NC(=S)N(c2cccc3ccccc23)C(=O)/C1=C/c1ccc2c(c1)CCN2Cc1ccccc1Cl. The molecule has 0 saturated carbocycles. The molecule has 4 aromatic rings. The highest BCUT2D eigenvalue weighted by molar-refractivity contribution is 7.80. The zero-order valence-corrected chi connectivity index (χ0v) is 21.4. The van der Waals surface area contributed by atoms with Crippen molar-refractivity contribution in [3.8, 4) is 0 Å². The van der Waals surface area contributed by atoms with Crippen molar-refractivity contribution in [1.29, 1.82) is 0 Å².